The van der Waals surface area contributed by atoms with E-state index in [-0.39, 0.29) is 23.8 Å². The van der Waals surface area contributed by atoms with Gasteiger partial charge in [-0.15, -0.1) is 11.6 Å². The van der Waals surface area contributed by atoms with Crippen LogP contribution in [0.4, 0.5) is 10.5 Å². The zero-order valence-corrected chi connectivity index (χ0v) is 13.9. The van der Waals surface area contributed by atoms with Crippen molar-refractivity contribution < 1.29 is 14.4 Å². The highest BCUT2D eigenvalue weighted by Gasteiger charge is 2.35. The van der Waals surface area contributed by atoms with Gasteiger partial charge in [0.2, 0.25) is 0 Å². The molecular weight excluding hydrogens is 318 g/mol. The number of carbonyl (C=O) groups excluding carboxylic acids is 3. The Balaban J connectivity index is 2.09. The van der Waals surface area contributed by atoms with Crippen molar-refractivity contribution in [2.24, 2.45) is 5.92 Å². The van der Waals surface area contributed by atoms with E-state index in [2.05, 4.69) is 10.6 Å². The third-order valence-corrected chi connectivity index (χ3v) is 3.64. The summed E-state index contributed by atoms with van der Waals surface area (Å²) >= 11 is 5.54. The van der Waals surface area contributed by atoms with Crippen molar-refractivity contribution >= 4 is 35.1 Å². The first kappa shape index (κ1) is 17.3. The van der Waals surface area contributed by atoms with E-state index >= 15 is 0 Å². The Morgan fingerprint density at radius 2 is 1.91 bits per heavy atom. The molecule has 1 aromatic rings. The molecule has 2 N–H and O–H groups in total. The molecule has 0 unspecified atom stereocenters. The zero-order chi connectivity index (χ0) is 17.0. The molecule has 4 amide bonds. The second kappa shape index (κ2) is 7.46. The van der Waals surface area contributed by atoms with Crippen LogP contribution in [0.15, 0.2) is 18.2 Å². The molecule has 7 heteroatoms. The van der Waals surface area contributed by atoms with E-state index in [0.29, 0.717) is 42.2 Å². The van der Waals surface area contributed by atoms with Crippen molar-refractivity contribution in [1.29, 1.82) is 0 Å². The Bertz CT molecular complexity index is 631. The molecule has 6 nitrogen and oxygen atoms in total. The van der Waals surface area contributed by atoms with Crippen LogP contribution >= 0.6 is 11.6 Å². The van der Waals surface area contributed by atoms with Gasteiger partial charge in [0.05, 0.1) is 11.1 Å². The first-order valence-corrected chi connectivity index (χ1v) is 8.08. The van der Waals surface area contributed by atoms with Gasteiger partial charge in [0, 0.05) is 24.7 Å². The summed E-state index contributed by atoms with van der Waals surface area (Å²) in [6.07, 6.45) is 0.677. The van der Waals surface area contributed by atoms with Gasteiger partial charge in [-0.3, -0.25) is 14.5 Å². The van der Waals surface area contributed by atoms with E-state index in [1.807, 2.05) is 13.8 Å². The molecule has 1 heterocycles. The number of halogens is 1. The van der Waals surface area contributed by atoms with Crippen molar-refractivity contribution in [1.82, 2.24) is 10.2 Å². The quantitative estimate of drug-likeness (QED) is 0.476. The van der Waals surface area contributed by atoms with Crippen molar-refractivity contribution in [2.45, 2.75) is 20.3 Å². The molecule has 1 aliphatic heterocycles. The number of anilines is 1. The fraction of sp³-hybridized carbons (Fsp3) is 0.438. The predicted octanol–water partition coefficient (Wildman–Crippen LogP) is 2.69. The van der Waals surface area contributed by atoms with Crippen LogP contribution in [0.2, 0.25) is 0 Å². The highest BCUT2D eigenvalue weighted by molar-refractivity contribution is 6.21. The number of alkyl halides is 1. The lowest BCUT2D eigenvalue weighted by atomic mass is 10.1. The van der Waals surface area contributed by atoms with Gasteiger partial charge < -0.3 is 10.6 Å². The van der Waals surface area contributed by atoms with Gasteiger partial charge >= 0.3 is 6.03 Å². The molecule has 0 bridgehead atoms. The highest BCUT2D eigenvalue weighted by atomic mass is 35.5. The lowest BCUT2D eigenvalue weighted by Gasteiger charge is -2.15. The smallest absolute Gasteiger partial charge is 0.319 e. The Labute approximate surface area is 140 Å². The number of urea groups is 1. The number of nitrogens with zero attached hydrogens (tertiary/aromatic N) is 1. The van der Waals surface area contributed by atoms with Crippen LogP contribution in [0.3, 0.4) is 0 Å². The van der Waals surface area contributed by atoms with E-state index in [0.717, 1.165) is 0 Å². The molecule has 0 saturated heterocycles. The van der Waals surface area contributed by atoms with E-state index in [1.54, 1.807) is 12.1 Å². The normalized spacial score (nSPS) is 13.5. The number of rotatable bonds is 6. The molecule has 0 fully saturated rings. The second-order valence-corrected chi connectivity index (χ2v) is 6.18. The van der Waals surface area contributed by atoms with E-state index in [1.165, 1.54) is 11.0 Å². The largest absolute Gasteiger partial charge is 0.338 e. The van der Waals surface area contributed by atoms with Crippen LogP contribution in [-0.2, 0) is 0 Å². The average Bonchev–Trinajstić information content (AvgIpc) is 2.72. The number of hydrogen-bond donors (Lipinski definition) is 2. The number of hydrogen-bond acceptors (Lipinski definition) is 3. The Morgan fingerprint density at radius 1 is 1.22 bits per heavy atom. The van der Waals surface area contributed by atoms with Gasteiger partial charge in [-0.1, -0.05) is 13.8 Å². The summed E-state index contributed by atoms with van der Waals surface area (Å²) in [4.78, 5) is 37.6. The second-order valence-electron chi connectivity index (χ2n) is 5.80. The minimum Gasteiger partial charge on any atom is -0.338 e. The van der Waals surface area contributed by atoms with Crippen molar-refractivity contribution in [3.63, 3.8) is 0 Å². The summed E-state index contributed by atoms with van der Waals surface area (Å²) in [5, 5.41) is 5.30. The van der Waals surface area contributed by atoms with Gasteiger partial charge in [0.1, 0.15) is 0 Å². The van der Waals surface area contributed by atoms with Gasteiger partial charge in [-0.2, -0.15) is 0 Å². The monoisotopic (exact) mass is 337 g/mol. The Morgan fingerprint density at radius 3 is 2.57 bits per heavy atom. The average molecular weight is 338 g/mol. The van der Waals surface area contributed by atoms with Crippen LogP contribution in [0.5, 0.6) is 0 Å². The molecule has 0 saturated carbocycles. The maximum atomic E-state index is 12.4. The molecule has 0 radical (unpaired) electrons. The first-order chi connectivity index (χ1) is 10.9. The van der Waals surface area contributed by atoms with E-state index in [9.17, 15) is 14.4 Å². The van der Waals surface area contributed by atoms with Crippen molar-refractivity contribution in [3.8, 4) is 0 Å². The number of nitrogens with one attached hydrogen (secondary N) is 2. The molecule has 124 valence electrons. The number of imide groups is 1. The number of carbonyl (C=O) groups is 3. The van der Waals surface area contributed by atoms with E-state index in [4.69, 9.17) is 11.6 Å². The maximum absolute atomic E-state index is 12.4. The third kappa shape index (κ3) is 4.01. The molecule has 0 spiro atoms. The number of benzene rings is 1. The fourth-order valence-corrected chi connectivity index (χ4v) is 2.48. The molecule has 1 aliphatic rings. The SMILES string of the molecule is CC(C)CN1C(=O)c2ccc(NC(=O)NCCCCl)cc2C1=O. The van der Waals surface area contributed by atoms with Crippen molar-refractivity contribution in [3.05, 3.63) is 29.3 Å². The van der Waals surface area contributed by atoms with Crippen LogP contribution in [0.25, 0.3) is 0 Å². The Hall–Kier alpha value is -2.08. The summed E-state index contributed by atoms with van der Waals surface area (Å²) in [6, 6.07) is 4.36. The number of amides is 4. The third-order valence-electron chi connectivity index (χ3n) is 3.37. The standard InChI is InChI=1S/C16H20ClN3O3/c1-10(2)9-20-14(21)12-5-4-11(8-13(12)15(20)22)19-16(23)18-7-3-6-17/h4-5,8,10H,3,6-7,9H2,1-2H3,(H2,18,19,23). The zero-order valence-electron chi connectivity index (χ0n) is 13.2. The summed E-state index contributed by atoms with van der Waals surface area (Å²) in [7, 11) is 0. The topological polar surface area (TPSA) is 78.5 Å². The highest BCUT2D eigenvalue weighted by Crippen LogP contribution is 2.26. The first-order valence-electron chi connectivity index (χ1n) is 7.55. The molecule has 0 aromatic heterocycles. The van der Waals surface area contributed by atoms with Gasteiger partial charge in [-0.25, -0.2) is 4.79 Å². The maximum Gasteiger partial charge on any atom is 0.319 e. The van der Waals surface area contributed by atoms with Crippen LogP contribution in [-0.4, -0.2) is 41.7 Å². The summed E-state index contributed by atoms with van der Waals surface area (Å²) in [5.74, 6) is 0.0748. The molecule has 23 heavy (non-hydrogen) atoms. The summed E-state index contributed by atoms with van der Waals surface area (Å²) in [6.45, 7) is 4.75. The molecule has 1 aromatic carbocycles. The van der Waals surface area contributed by atoms with Gasteiger partial charge in [0.25, 0.3) is 11.8 Å². The Kier molecular flexibility index (Phi) is 5.60. The summed E-state index contributed by atoms with van der Waals surface area (Å²) in [5.41, 5.74) is 1.18. The molecule has 2 rings (SSSR count). The van der Waals surface area contributed by atoms with Crippen LogP contribution in [0.1, 0.15) is 41.0 Å². The molecular formula is C16H20ClN3O3. The predicted molar refractivity (Wildman–Crippen MR) is 89.0 cm³/mol. The molecule has 0 aliphatic carbocycles. The number of fused-ring (bicyclic) bond motifs is 1. The van der Waals surface area contributed by atoms with E-state index < -0.39 is 0 Å². The van der Waals surface area contributed by atoms with Gasteiger partial charge in [0.15, 0.2) is 0 Å². The van der Waals surface area contributed by atoms with Gasteiger partial charge in [-0.05, 0) is 30.5 Å². The lowest BCUT2D eigenvalue weighted by Crippen LogP contribution is -2.33. The molecule has 0 atom stereocenters. The van der Waals surface area contributed by atoms with Crippen molar-refractivity contribution in [2.75, 3.05) is 24.3 Å². The van der Waals surface area contributed by atoms with Crippen LogP contribution < -0.4 is 10.6 Å². The lowest BCUT2D eigenvalue weighted by molar-refractivity contribution is 0.0636. The van der Waals surface area contributed by atoms with Crippen LogP contribution in [0, 0.1) is 5.92 Å². The minimum atomic E-state index is -0.370. The fourth-order valence-electron chi connectivity index (χ4n) is 2.34. The minimum absolute atomic E-state index is 0.197. The summed E-state index contributed by atoms with van der Waals surface area (Å²) < 4.78 is 0.